The molecule has 0 bridgehead atoms. The number of carbonyl (C=O) groups excluding carboxylic acids is 1. The lowest BCUT2D eigenvalue weighted by atomic mass is 10.0. The van der Waals surface area contributed by atoms with Gasteiger partial charge in [-0.05, 0) is 49.7 Å². The van der Waals surface area contributed by atoms with Gasteiger partial charge in [-0.3, -0.25) is 9.59 Å². The van der Waals surface area contributed by atoms with Gasteiger partial charge in [0.2, 0.25) is 0 Å². The Kier molecular flexibility index (Phi) is 7.49. The van der Waals surface area contributed by atoms with Crippen molar-refractivity contribution in [2.24, 2.45) is 0 Å². The minimum atomic E-state index is -1.02. The number of amides is 1. The lowest BCUT2D eigenvalue weighted by Gasteiger charge is -2.18. The van der Waals surface area contributed by atoms with E-state index in [2.05, 4.69) is 5.32 Å². The molecule has 6 nitrogen and oxygen atoms in total. The Labute approximate surface area is 163 Å². The average molecular weight is 392 g/mol. The summed E-state index contributed by atoms with van der Waals surface area (Å²) in [6.45, 7) is 4.60. The van der Waals surface area contributed by atoms with Crippen molar-refractivity contribution < 1.29 is 24.2 Å². The van der Waals surface area contributed by atoms with E-state index in [4.69, 9.17) is 21.1 Å². The highest BCUT2D eigenvalue weighted by Gasteiger charge is 2.20. The first-order valence-corrected chi connectivity index (χ1v) is 9.00. The molecule has 2 rings (SSSR count). The largest absolute Gasteiger partial charge is 0.490 e. The normalized spacial score (nSPS) is 11.5. The van der Waals surface area contributed by atoms with Crippen molar-refractivity contribution >= 4 is 23.5 Å². The third-order valence-corrected chi connectivity index (χ3v) is 4.01. The van der Waals surface area contributed by atoms with Crippen molar-refractivity contribution in [3.8, 4) is 11.5 Å². The first kappa shape index (κ1) is 20.6. The fraction of sp³-hybridized carbons (Fsp3) is 0.300. The van der Waals surface area contributed by atoms with Crippen LogP contribution in [0.2, 0.25) is 5.02 Å². The molecule has 144 valence electrons. The Hall–Kier alpha value is -2.73. The first-order chi connectivity index (χ1) is 12.9. The molecule has 0 saturated carbocycles. The SMILES string of the molecule is CCOc1ccc(C(=O)N[C@@H](CC(=O)O)c2ccc(Cl)cc2)cc1OCC. The first-order valence-electron chi connectivity index (χ1n) is 8.62. The van der Waals surface area contributed by atoms with Gasteiger partial charge >= 0.3 is 5.97 Å². The van der Waals surface area contributed by atoms with Crippen LogP contribution in [0, 0.1) is 0 Å². The van der Waals surface area contributed by atoms with Crippen molar-refractivity contribution in [1.82, 2.24) is 5.32 Å². The van der Waals surface area contributed by atoms with E-state index in [-0.39, 0.29) is 6.42 Å². The van der Waals surface area contributed by atoms with Crippen LogP contribution >= 0.6 is 11.6 Å². The van der Waals surface area contributed by atoms with Crippen LogP contribution in [-0.4, -0.2) is 30.2 Å². The molecule has 0 saturated heterocycles. The highest BCUT2D eigenvalue weighted by Crippen LogP contribution is 2.29. The van der Waals surface area contributed by atoms with Crippen LogP contribution in [0.25, 0.3) is 0 Å². The fourth-order valence-electron chi connectivity index (χ4n) is 2.56. The van der Waals surface area contributed by atoms with Crippen molar-refractivity contribution in [3.63, 3.8) is 0 Å². The summed E-state index contributed by atoms with van der Waals surface area (Å²) in [5, 5.41) is 12.5. The zero-order valence-corrected chi connectivity index (χ0v) is 16.0. The van der Waals surface area contributed by atoms with E-state index < -0.39 is 17.9 Å². The van der Waals surface area contributed by atoms with Gasteiger partial charge in [-0.2, -0.15) is 0 Å². The summed E-state index contributed by atoms with van der Waals surface area (Å²) in [5.74, 6) is -0.402. The molecule has 27 heavy (non-hydrogen) atoms. The predicted molar refractivity (Wildman–Crippen MR) is 103 cm³/mol. The number of hydrogen-bond acceptors (Lipinski definition) is 4. The van der Waals surface area contributed by atoms with Crippen LogP contribution in [-0.2, 0) is 4.79 Å². The Morgan fingerprint density at radius 3 is 2.26 bits per heavy atom. The van der Waals surface area contributed by atoms with Crippen LogP contribution in [0.1, 0.15) is 42.2 Å². The van der Waals surface area contributed by atoms with E-state index in [1.165, 1.54) is 0 Å². The molecular weight excluding hydrogens is 370 g/mol. The Balaban J connectivity index is 2.24. The number of rotatable bonds is 9. The molecule has 0 spiro atoms. The van der Waals surface area contributed by atoms with Crippen LogP contribution in [0.15, 0.2) is 42.5 Å². The van der Waals surface area contributed by atoms with Gasteiger partial charge in [-0.25, -0.2) is 0 Å². The van der Waals surface area contributed by atoms with E-state index in [1.807, 2.05) is 13.8 Å². The monoisotopic (exact) mass is 391 g/mol. The molecule has 0 aliphatic rings. The zero-order chi connectivity index (χ0) is 19.8. The van der Waals surface area contributed by atoms with E-state index >= 15 is 0 Å². The van der Waals surface area contributed by atoms with Gasteiger partial charge in [0.1, 0.15) is 0 Å². The Morgan fingerprint density at radius 1 is 1.04 bits per heavy atom. The van der Waals surface area contributed by atoms with Crippen molar-refractivity contribution in [1.29, 1.82) is 0 Å². The van der Waals surface area contributed by atoms with Gasteiger partial charge in [0, 0.05) is 10.6 Å². The topological polar surface area (TPSA) is 84.9 Å². The maximum absolute atomic E-state index is 12.7. The number of carbonyl (C=O) groups is 2. The molecule has 0 unspecified atom stereocenters. The molecule has 2 aromatic carbocycles. The van der Waals surface area contributed by atoms with Gasteiger partial charge in [-0.15, -0.1) is 0 Å². The molecule has 0 heterocycles. The van der Waals surface area contributed by atoms with Gasteiger partial charge in [0.15, 0.2) is 11.5 Å². The maximum Gasteiger partial charge on any atom is 0.305 e. The molecule has 0 fully saturated rings. The lowest BCUT2D eigenvalue weighted by molar-refractivity contribution is -0.137. The Morgan fingerprint density at radius 2 is 1.67 bits per heavy atom. The van der Waals surface area contributed by atoms with E-state index in [0.717, 1.165) is 0 Å². The number of halogens is 1. The lowest BCUT2D eigenvalue weighted by Crippen LogP contribution is -2.30. The number of carboxylic acids is 1. The fourth-order valence-corrected chi connectivity index (χ4v) is 2.68. The van der Waals surface area contributed by atoms with Gasteiger partial charge in [0.25, 0.3) is 5.91 Å². The second-order valence-corrected chi connectivity index (χ2v) is 6.14. The number of ether oxygens (including phenoxy) is 2. The number of aliphatic carboxylic acids is 1. The molecule has 0 aliphatic heterocycles. The third-order valence-electron chi connectivity index (χ3n) is 3.76. The molecule has 0 radical (unpaired) electrons. The molecule has 2 N–H and O–H groups in total. The highest BCUT2D eigenvalue weighted by molar-refractivity contribution is 6.30. The van der Waals surface area contributed by atoms with Crippen LogP contribution in [0.5, 0.6) is 11.5 Å². The molecule has 2 aromatic rings. The minimum Gasteiger partial charge on any atom is -0.490 e. The van der Waals surface area contributed by atoms with Crippen LogP contribution < -0.4 is 14.8 Å². The molecule has 1 amide bonds. The number of hydrogen-bond donors (Lipinski definition) is 2. The molecule has 1 atom stereocenters. The molecule has 0 aliphatic carbocycles. The second kappa shape index (κ2) is 9.83. The zero-order valence-electron chi connectivity index (χ0n) is 15.2. The van der Waals surface area contributed by atoms with Gasteiger partial charge in [-0.1, -0.05) is 23.7 Å². The summed E-state index contributed by atoms with van der Waals surface area (Å²) >= 11 is 5.88. The average Bonchev–Trinajstić information content (AvgIpc) is 2.63. The van der Waals surface area contributed by atoms with Crippen LogP contribution in [0.3, 0.4) is 0 Å². The predicted octanol–water partition coefficient (Wildman–Crippen LogP) is 4.08. The maximum atomic E-state index is 12.7. The third kappa shape index (κ3) is 5.89. The number of benzene rings is 2. The highest BCUT2D eigenvalue weighted by atomic mass is 35.5. The summed E-state index contributed by atoms with van der Waals surface area (Å²) in [7, 11) is 0. The van der Waals surface area contributed by atoms with Gasteiger partial charge in [0.05, 0.1) is 25.7 Å². The molecular formula is C20H22ClNO5. The number of carboxylic acid groups (broad SMARTS) is 1. The van der Waals surface area contributed by atoms with Crippen molar-refractivity contribution in [3.05, 3.63) is 58.6 Å². The summed E-state index contributed by atoms with van der Waals surface area (Å²) < 4.78 is 11.0. The standard InChI is InChI=1S/C20H22ClNO5/c1-3-26-17-10-7-14(11-18(17)27-4-2)20(25)22-16(12-19(23)24)13-5-8-15(21)9-6-13/h5-11,16H,3-4,12H2,1-2H3,(H,22,25)(H,23,24)/t16-/m0/s1. The summed E-state index contributed by atoms with van der Waals surface area (Å²) in [6, 6.07) is 10.9. The smallest absolute Gasteiger partial charge is 0.305 e. The van der Waals surface area contributed by atoms with E-state index in [9.17, 15) is 14.7 Å². The number of nitrogens with one attached hydrogen (secondary N) is 1. The quantitative estimate of drug-likeness (QED) is 0.672. The second-order valence-electron chi connectivity index (χ2n) is 5.70. The van der Waals surface area contributed by atoms with E-state index in [1.54, 1.807) is 42.5 Å². The van der Waals surface area contributed by atoms with E-state index in [0.29, 0.717) is 40.9 Å². The van der Waals surface area contributed by atoms with Crippen LogP contribution in [0.4, 0.5) is 0 Å². The minimum absolute atomic E-state index is 0.247. The molecule has 0 aromatic heterocycles. The van der Waals surface area contributed by atoms with Crippen molar-refractivity contribution in [2.75, 3.05) is 13.2 Å². The van der Waals surface area contributed by atoms with Gasteiger partial charge < -0.3 is 19.9 Å². The summed E-state index contributed by atoms with van der Waals surface area (Å²) in [4.78, 5) is 23.9. The Bertz CT molecular complexity index is 791. The van der Waals surface area contributed by atoms with Crippen molar-refractivity contribution in [2.45, 2.75) is 26.3 Å². The summed E-state index contributed by atoms with van der Waals surface area (Å²) in [6.07, 6.45) is -0.247. The molecule has 7 heteroatoms. The summed E-state index contributed by atoms with van der Waals surface area (Å²) in [5.41, 5.74) is 1.01.